The van der Waals surface area contributed by atoms with Crippen molar-refractivity contribution in [2.24, 2.45) is 4.99 Å². The summed E-state index contributed by atoms with van der Waals surface area (Å²) in [5.74, 6) is 0. The monoisotopic (exact) mass is 345 g/mol. The van der Waals surface area contributed by atoms with E-state index in [-0.39, 0.29) is 0 Å². The average Bonchev–Trinajstić information content (AvgIpc) is 2.70. The molecule has 0 N–H and O–H groups in total. The van der Waals surface area contributed by atoms with E-state index in [1.165, 1.54) is 0 Å². The second kappa shape index (κ2) is 7.58. The van der Waals surface area contributed by atoms with Gasteiger partial charge in [0.1, 0.15) is 0 Å². The van der Waals surface area contributed by atoms with Crippen LogP contribution in [0, 0.1) is 0 Å². The lowest BCUT2D eigenvalue weighted by atomic mass is 9.98. The number of ether oxygens (including phenoxy) is 1. The van der Waals surface area contributed by atoms with E-state index in [0.29, 0.717) is 5.69 Å². The maximum absolute atomic E-state index is 10.7. The van der Waals surface area contributed by atoms with E-state index in [2.05, 4.69) is 27.0 Å². The Morgan fingerprint density at radius 2 is 1.85 bits per heavy atom. The first-order valence-electron chi connectivity index (χ1n) is 8.70. The van der Waals surface area contributed by atoms with Crippen molar-refractivity contribution in [3.8, 4) is 11.1 Å². The number of pyridine rings is 1. The summed E-state index contributed by atoms with van der Waals surface area (Å²) in [4.78, 5) is 21.5. The summed E-state index contributed by atoms with van der Waals surface area (Å²) in [5.41, 5.74) is 3.82. The third-order valence-corrected chi connectivity index (χ3v) is 4.69. The number of hydrogen-bond acceptors (Lipinski definition) is 5. The van der Waals surface area contributed by atoms with Gasteiger partial charge in [-0.15, -0.1) is 0 Å². The van der Waals surface area contributed by atoms with Crippen LogP contribution in [-0.4, -0.2) is 42.3 Å². The summed E-state index contributed by atoms with van der Waals surface area (Å²) in [6, 6.07) is 16.0. The van der Waals surface area contributed by atoms with Gasteiger partial charge >= 0.3 is 0 Å². The number of morpholine rings is 1. The van der Waals surface area contributed by atoms with Gasteiger partial charge in [-0.05, 0) is 23.1 Å². The Hall–Kier alpha value is -2.85. The highest BCUT2D eigenvalue weighted by atomic mass is 16.5. The normalized spacial score (nSPS) is 14.9. The van der Waals surface area contributed by atoms with Gasteiger partial charge in [-0.3, -0.25) is 9.88 Å². The standard InChI is InChI=1S/C21H19N3O2/c25-15-23-21-8-7-18(19-3-1-2-4-20(19)21)16-5-6-17(22-13-16)14-24-9-11-26-12-10-24/h1-8,13H,9-12,14H2. The predicted octanol–water partition coefficient (Wildman–Crippen LogP) is 3.70. The number of hydrogen-bond donors (Lipinski definition) is 0. The Kier molecular flexibility index (Phi) is 4.84. The largest absolute Gasteiger partial charge is 0.379 e. The van der Waals surface area contributed by atoms with Crippen molar-refractivity contribution in [3.05, 3.63) is 60.4 Å². The predicted molar refractivity (Wildman–Crippen MR) is 101 cm³/mol. The minimum absolute atomic E-state index is 0.635. The van der Waals surface area contributed by atoms with Crippen molar-refractivity contribution >= 4 is 22.5 Å². The molecule has 0 atom stereocenters. The van der Waals surface area contributed by atoms with Crippen LogP contribution in [0.1, 0.15) is 5.69 Å². The summed E-state index contributed by atoms with van der Waals surface area (Å²) >= 11 is 0. The number of isocyanates is 1. The first-order valence-corrected chi connectivity index (χ1v) is 8.70. The van der Waals surface area contributed by atoms with Gasteiger partial charge in [-0.25, -0.2) is 4.79 Å². The lowest BCUT2D eigenvalue weighted by Crippen LogP contribution is -2.35. The summed E-state index contributed by atoms with van der Waals surface area (Å²) in [7, 11) is 0. The zero-order valence-corrected chi connectivity index (χ0v) is 14.4. The number of aliphatic imine (C=N–C) groups is 1. The molecule has 0 radical (unpaired) electrons. The second-order valence-corrected chi connectivity index (χ2v) is 6.31. The van der Waals surface area contributed by atoms with E-state index >= 15 is 0 Å². The van der Waals surface area contributed by atoms with Gasteiger partial charge in [-0.1, -0.05) is 36.4 Å². The highest BCUT2D eigenvalue weighted by Crippen LogP contribution is 2.34. The Labute approximate surface area is 152 Å². The molecule has 26 heavy (non-hydrogen) atoms. The summed E-state index contributed by atoms with van der Waals surface area (Å²) in [6.07, 6.45) is 3.55. The van der Waals surface area contributed by atoms with Gasteiger partial charge in [0, 0.05) is 36.8 Å². The van der Waals surface area contributed by atoms with Gasteiger partial charge in [0.2, 0.25) is 6.08 Å². The molecule has 4 rings (SSSR count). The SMILES string of the molecule is O=C=Nc1ccc(-c2ccc(CN3CCOCC3)nc2)c2ccccc12. The molecule has 2 aromatic carbocycles. The molecule has 1 aromatic heterocycles. The van der Waals surface area contributed by atoms with Crippen LogP contribution in [0.5, 0.6) is 0 Å². The number of benzene rings is 2. The van der Waals surface area contributed by atoms with Gasteiger partial charge in [0.25, 0.3) is 0 Å². The van der Waals surface area contributed by atoms with Crippen LogP contribution in [0.25, 0.3) is 21.9 Å². The van der Waals surface area contributed by atoms with Crippen molar-refractivity contribution in [1.82, 2.24) is 9.88 Å². The lowest BCUT2D eigenvalue weighted by Gasteiger charge is -2.26. The fraction of sp³-hybridized carbons (Fsp3) is 0.238. The van der Waals surface area contributed by atoms with Crippen LogP contribution in [0.2, 0.25) is 0 Å². The maximum atomic E-state index is 10.7. The molecule has 0 spiro atoms. The number of carbonyl (C=O) groups excluding carboxylic acids is 1. The van der Waals surface area contributed by atoms with Crippen molar-refractivity contribution in [2.75, 3.05) is 26.3 Å². The summed E-state index contributed by atoms with van der Waals surface area (Å²) in [6.45, 7) is 4.33. The molecule has 3 aromatic rings. The van der Waals surface area contributed by atoms with Gasteiger partial charge in [0.05, 0.1) is 24.6 Å². The fourth-order valence-electron chi connectivity index (χ4n) is 3.35. The molecule has 0 saturated carbocycles. The molecule has 5 heteroatoms. The molecular formula is C21H19N3O2. The van der Waals surface area contributed by atoms with E-state index in [1.54, 1.807) is 6.08 Å². The first-order chi connectivity index (χ1) is 12.8. The number of fused-ring (bicyclic) bond motifs is 1. The van der Waals surface area contributed by atoms with Crippen molar-refractivity contribution in [2.45, 2.75) is 6.54 Å². The van der Waals surface area contributed by atoms with E-state index in [0.717, 1.165) is 60.4 Å². The maximum Gasteiger partial charge on any atom is 0.240 e. The van der Waals surface area contributed by atoms with Crippen molar-refractivity contribution in [3.63, 3.8) is 0 Å². The molecule has 1 saturated heterocycles. The molecule has 2 heterocycles. The van der Waals surface area contributed by atoms with Crippen LogP contribution < -0.4 is 0 Å². The number of nitrogens with zero attached hydrogens (tertiary/aromatic N) is 3. The lowest BCUT2D eigenvalue weighted by molar-refractivity contribution is 0.0336. The minimum Gasteiger partial charge on any atom is -0.379 e. The highest BCUT2D eigenvalue weighted by Gasteiger charge is 2.12. The van der Waals surface area contributed by atoms with Crippen LogP contribution in [-0.2, 0) is 16.1 Å². The average molecular weight is 345 g/mol. The Morgan fingerprint density at radius 3 is 2.58 bits per heavy atom. The van der Waals surface area contributed by atoms with Crippen LogP contribution >= 0.6 is 0 Å². The molecule has 0 bridgehead atoms. The summed E-state index contributed by atoms with van der Waals surface area (Å²) < 4.78 is 5.39. The molecule has 1 fully saturated rings. The molecule has 130 valence electrons. The molecule has 0 unspecified atom stereocenters. The molecule has 1 aliphatic rings. The quantitative estimate of drug-likeness (QED) is 0.534. The highest BCUT2D eigenvalue weighted by molar-refractivity contribution is 6.02. The van der Waals surface area contributed by atoms with Crippen LogP contribution in [0.3, 0.4) is 0 Å². The van der Waals surface area contributed by atoms with E-state index < -0.39 is 0 Å². The van der Waals surface area contributed by atoms with Crippen LogP contribution in [0.15, 0.2) is 59.7 Å². The first kappa shape index (κ1) is 16.6. The zero-order valence-electron chi connectivity index (χ0n) is 14.4. The van der Waals surface area contributed by atoms with Gasteiger partial charge in [-0.2, -0.15) is 4.99 Å². The van der Waals surface area contributed by atoms with Crippen LogP contribution in [0.4, 0.5) is 5.69 Å². The van der Waals surface area contributed by atoms with Crippen molar-refractivity contribution < 1.29 is 9.53 Å². The Morgan fingerprint density at radius 1 is 1.04 bits per heavy atom. The number of aromatic nitrogens is 1. The smallest absolute Gasteiger partial charge is 0.240 e. The summed E-state index contributed by atoms with van der Waals surface area (Å²) in [5, 5.41) is 1.98. The molecule has 0 aliphatic carbocycles. The Balaban J connectivity index is 1.65. The molecule has 0 amide bonds. The number of rotatable bonds is 4. The van der Waals surface area contributed by atoms with E-state index in [4.69, 9.17) is 4.74 Å². The molecule has 1 aliphatic heterocycles. The minimum atomic E-state index is 0.635. The second-order valence-electron chi connectivity index (χ2n) is 6.31. The Bertz CT molecular complexity index is 957. The van der Waals surface area contributed by atoms with Gasteiger partial charge < -0.3 is 4.74 Å². The zero-order chi connectivity index (χ0) is 17.8. The van der Waals surface area contributed by atoms with Crippen molar-refractivity contribution in [1.29, 1.82) is 0 Å². The van der Waals surface area contributed by atoms with E-state index in [1.807, 2.05) is 42.6 Å². The fourth-order valence-corrected chi connectivity index (χ4v) is 3.35. The third kappa shape index (κ3) is 3.41. The van der Waals surface area contributed by atoms with E-state index in [9.17, 15) is 4.79 Å². The topological polar surface area (TPSA) is 54.8 Å². The molecule has 5 nitrogen and oxygen atoms in total. The van der Waals surface area contributed by atoms with Gasteiger partial charge in [0.15, 0.2) is 0 Å². The third-order valence-electron chi connectivity index (χ3n) is 4.69. The molecular weight excluding hydrogens is 326 g/mol.